The van der Waals surface area contributed by atoms with Crippen LogP contribution in [-0.4, -0.2) is 13.0 Å². The zero-order chi connectivity index (χ0) is 15.6. The zero-order valence-electron chi connectivity index (χ0n) is 12.4. The van der Waals surface area contributed by atoms with Gasteiger partial charge in [-0.2, -0.15) is 0 Å². The standard InChI is InChI=1S/C18H18ClNO2/c1-22-16-9-8-14(12-15(16)19)20-17(21)18(10-5-11-18)13-6-3-2-4-7-13/h2-4,6-9,12H,5,10-11H2,1H3,(H,20,21). The minimum absolute atomic E-state index is 0.0335. The Morgan fingerprint density at radius 2 is 1.91 bits per heavy atom. The van der Waals surface area contributed by atoms with Gasteiger partial charge in [-0.25, -0.2) is 0 Å². The number of hydrogen-bond donors (Lipinski definition) is 1. The second kappa shape index (κ2) is 6.01. The number of nitrogens with one attached hydrogen (secondary N) is 1. The van der Waals surface area contributed by atoms with Gasteiger partial charge in [0.05, 0.1) is 17.5 Å². The van der Waals surface area contributed by atoms with E-state index in [2.05, 4.69) is 5.32 Å². The highest BCUT2D eigenvalue weighted by Crippen LogP contribution is 2.44. The number of rotatable bonds is 4. The Hall–Kier alpha value is -2.00. The van der Waals surface area contributed by atoms with Gasteiger partial charge in [0.1, 0.15) is 5.75 Å². The third-order valence-electron chi connectivity index (χ3n) is 4.38. The molecular weight excluding hydrogens is 298 g/mol. The number of carbonyl (C=O) groups is 1. The SMILES string of the molecule is COc1ccc(NC(=O)C2(c3ccccc3)CCC2)cc1Cl. The van der Waals surface area contributed by atoms with Gasteiger partial charge in [-0.3, -0.25) is 4.79 Å². The predicted octanol–water partition coefficient (Wildman–Crippen LogP) is 4.41. The molecule has 0 saturated heterocycles. The molecule has 2 aromatic carbocycles. The molecule has 1 saturated carbocycles. The van der Waals surface area contributed by atoms with Crippen molar-refractivity contribution in [1.29, 1.82) is 0 Å². The molecule has 0 bridgehead atoms. The maximum Gasteiger partial charge on any atom is 0.235 e. The summed E-state index contributed by atoms with van der Waals surface area (Å²) in [6.45, 7) is 0. The van der Waals surface area contributed by atoms with E-state index >= 15 is 0 Å². The molecule has 4 heteroatoms. The molecule has 3 nitrogen and oxygen atoms in total. The Morgan fingerprint density at radius 1 is 1.18 bits per heavy atom. The highest BCUT2D eigenvalue weighted by Gasteiger charge is 2.45. The number of hydrogen-bond acceptors (Lipinski definition) is 2. The van der Waals surface area contributed by atoms with Crippen molar-refractivity contribution in [3.63, 3.8) is 0 Å². The molecule has 0 atom stereocenters. The first-order valence-corrected chi connectivity index (χ1v) is 7.74. The number of methoxy groups -OCH3 is 1. The molecule has 1 fully saturated rings. The molecule has 1 N–H and O–H groups in total. The fourth-order valence-electron chi connectivity index (χ4n) is 2.93. The Bertz CT molecular complexity index is 681. The van der Waals surface area contributed by atoms with Gasteiger partial charge in [0.15, 0.2) is 0 Å². The Morgan fingerprint density at radius 3 is 2.45 bits per heavy atom. The second-order valence-electron chi connectivity index (χ2n) is 5.61. The summed E-state index contributed by atoms with van der Waals surface area (Å²) in [4.78, 5) is 12.8. The van der Waals surface area contributed by atoms with E-state index in [1.54, 1.807) is 25.3 Å². The lowest BCUT2D eigenvalue weighted by atomic mass is 9.64. The van der Waals surface area contributed by atoms with E-state index in [-0.39, 0.29) is 5.91 Å². The first-order valence-electron chi connectivity index (χ1n) is 7.36. The van der Waals surface area contributed by atoms with Crippen LogP contribution < -0.4 is 10.1 Å². The summed E-state index contributed by atoms with van der Waals surface area (Å²) in [6.07, 6.45) is 2.84. The van der Waals surface area contributed by atoms with Crippen molar-refractivity contribution in [2.75, 3.05) is 12.4 Å². The molecule has 1 amide bonds. The molecule has 0 radical (unpaired) electrons. The predicted molar refractivity (Wildman–Crippen MR) is 88.6 cm³/mol. The van der Waals surface area contributed by atoms with E-state index in [4.69, 9.17) is 16.3 Å². The molecule has 22 heavy (non-hydrogen) atoms. The highest BCUT2D eigenvalue weighted by molar-refractivity contribution is 6.32. The summed E-state index contributed by atoms with van der Waals surface area (Å²) in [6, 6.07) is 15.3. The maximum atomic E-state index is 12.8. The van der Waals surface area contributed by atoms with Gasteiger partial charge in [-0.15, -0.1) is 0 Å². The third kappa shape index (κ3) is 2.57. The van der Waals surface area contributed by atoms with Gasteiger partial charge in [-0.1, -0.05) is 48.4 Å². The molecular formula is C18H18ClNO2. The van der Waals surface area contributed by atoms with E-state index in [0.29, 0.717) is 16.5 Å². The summed E-state index contributed by atoms with van der Waals surface area (Å²) in [5, 5.41) is 3.48. The van der Waals surface area contributed by atoms with Crippen LogP contribution in [0.4, 0.5) is 5.69 Å². The van der Waals surface area contributed by atoms with Crippen molar-refractivity contribution < 1.29 is 9.53 Å². The summed E-state index contributed by atoms with van der Waals surface area (Å²) in [5.74, 6) is 0.632. The summed E-state index contributed by atoms with van der Waals surface area (Å²) < 4.78 is 5.13. The van der Waals surface area contributed by atoms with E-state index in [0.717, 1.165) is 24.8 Å². The largest absolute Gasteiger partial charge is 0.495 e. The van der Waals surface area contributed by atoms with Gasteiger partial charge in [0, 0.05) is 5.69 Å². The van der Waals surface area contributed by atoms with Crippen LogP contribution in [0.5, 0.6) is 5.75 Å². The van der Waals surface area contributed by atoms with Gasteiger partial charge < -0.3 is 10.1 Å². The lowest BCUT2D eigenvalue weighted by Crippen LogP contribution is -2.45. The third-order valence-corrected chi connectivity index (χ3v) is 4.67. The fourth-order valence-corrected chi connectivity index (χ4v) is 3.19. The van der Waals surface area contributed by atoms with Crippen molar-refractivity contribution in [3.8, 4) is 5.75 Å². The van der Waals surface area contributed by atoms with Crippen LogP contribution in [0.25, 0.3) is 0 Å². The molecule has 3 rings (SSSR count). The first-order chi connectivity index (χ1) is 10.7. The van der Waals surface area contributed by atoms with Gasteiger partial charge >= 0.3 is 0 Å². The molecule has 0 unspecified atom stereocenters. The van der Waals surface area contributed by atoms with E-state index < -0.39 is 5.41 Å². The molecule has 1 aliphatic rings. The maximum absolute atomic E-state index is 12.8. The van der Waals surface area contributed by atoms with Crippen molar-refractivity contribution >= 4 is 23.2 Å². The Kier molecular flexibility index (Phi) is 4.08. The normalized spacial score (nSPS) is 15.7. The van der Waals surface area contributed by atoms with E-state index in [9.17, 15) is 4.79 Å². The van der Waals surface area contributed by atoms with Crippen LogP contribution in [0, 0.1) is 0 Å². The smallest absolute Gasteiger partial charge is 0.235 e. The van der Waals surface area contributed by atoms with Crippen LogP contribution in [0.3, 0.4) is 0 Å². The van der Waals surface area contributed by atoms with Crippen molar-refractivity contribution in [2.24, 2.45) is 0 Å². The van der Waals surface area contributed by atoms with Gasteiger partial charge in [-0.05, 0) is 36.6 Å². The van der Waals surface area contributed by atoms with E-state index in [1.807, 2.05) is 30.3 Å². The van der Waals surface area contributed by atoms with Gasteiger partial charge in [0.25, 0.3) is 0 Å². The quantitative estimate of drug-likeness (QED) is 0.907. The van der Waals surface area contributed by atoms with Gasteiger partial charge in [0.2, 0.25) is 5.91 Å². The number of benzene rings is 2. The Labute approximate surface area is 135 Å². The van der Waals surface area contributed by atoms with Crippen LogP contribution in [0.15, 0.2) is 48.5 Å². The number of carbonyl (C=O) groups excluding carboxylic acids is 1. The lowest BCUT2D eigenvalue weighted by molar-refractivity contribution is -0.124. The average molecular weight is 316 g/mol. The number of amides is 1. The summed E-state index contributed by atoms with van der Waals surface area (Å²) >= 11 is 6.12. The molecule has 0 heterocycles. The molecule has 0 aromatic heterocycles. The number of ether oxygens (including phenoxy) is 1. The zero-order valence-corrected chi connectivity index (χ0v) is 13.2. The number of anilines is 1. The molecule has 1 aliphatic carbocycles. The number of halogens is 1. The monoisotopic (exact) mass is 315 g/mol. The minimum atomic E-state index is -0.409. The molecule has 0 aliphatic heterocycles. The lowest BCUT2D eigenvalue weighted by Gasteiger charge is -2.40. The van der Waals surface area contributed by atoms with Crippen LogP contribution in [0.2, 0.25) is 5.02 Å². The minimum Gasteiger partial charge on any atom is -0.495 e. The molecule has 114 valence electrons. The average Bonchev–Trinajstić information content (AvgIpc) is 2.47. The first kappa shape index (κ1) is 14.9. The van der Waals surface area contributed by atoms with Crippen LogP contribution in [-0.2, 0) is 10.2 Å². The van der Waals surface area contributed by atoms with Crippen LogP contribution >= 0.6 is 11.6 Å². The van der Waals surface area contributed by atoms with Crippen molar-refractivity contribution in [2.45, 2.75) is 24.7 Å². The molecule has 0 spiro atoms. The van der Waals surface area contributed by atoms with E-state index in [1.165, 1.54) is 0 Å². The van der Waals surface area contributed by atoms with Crippen LogP contribution in [0.1, 0.15) is 24.8 Å². The Balaban J connectivity index is 1.83. The summed E-state index contributed by atoms with van der Waals surface area (Å²) in [5.41, 5.74) is 1.37. The highest BCUT2D eigenvalue weighted by atomic mass is 35.5. The van der Waals surface area contributed by atoms with Crippen molar-refractivity contribution in [3.05, 3.63) is 59.1 Å². The summed E-state index contributed by atoms with van der Waals surface area (Å²) in [7, 11) is 1.57. The second-order valence-corrected chi connectivity index (χ2v) is 6.01. The topological polar surface area (TPSA) is 38.3 Å². The fraction of sp³-hybridized carbons (Fsp3) is 0.278. The molecule has 2 aromatic rings. The van der Waals surface area contributed by atoms with Crippen molar-refractivity contribution in [1.82, 2.24) is 0 Å².